The van der Waals surface area contributed by atoms with E-state index in [2.05, 4.69) is 4.74 Å². The van der Waals surface area contributed by atoms with Gasteiger partial charge < -0.3 is 9.84 Å². The summed E-state index contributed by atoms with van der Waals surface area (Å²) in [7, 11) is 0. The van der Waals surface area contributed by atoms with E-state index in [1.165, 1.54) is 6.07 Å². The molecule has 1 N–H and O–H groups in total. The van der Waals surface area contributed by atoms with E-state index in [9.17, 15) is 22.7 Å². The molecule has 0 unspecified atom stereocenters. The second-order valence-corrected chi connectivity index (χ2v) is 3.94. The highest BCUT2D eigenvalue weighted by atomic mass is 19.3. The van der Waals surface area contributed by atoms with E-state index >= 15 is 0 Å². The third-order valence-corrected chi connectivity index (χ3v) is 2.74. The van der Waals surface area contributed by atoms with E-state index in [-0.39, 0.29) is 16.5 Å². The largest absolute Gasteiger partial charge is 0.508 e. The minimum Gasteiger partial charge on any atom is -0.508 e. The summed E-state index contributed by atoms with van der Waals surface area (Å²) in [6, 6.07) is 3.30. The van der Waals surface area contributed by atoms with Crippen LogP contribution in [0.1, 0.15) is 26.3 Å². The van der Waals surface area contributed by atoms with Gasteiger partial charge >= 0.3 is 6.61 Å². The highest BCUT2D eigenvalue weighted by molar-refractivity contribution is 5.93. The Kier molecular flexibility index (Phi) is 5.81. The van der Waals surface area contributed by atoms with Crippen molar-refractivity contribution >= 4 is 10.8 Å². The molecule has 0 saturated heterocycles. The standard InChI is InChI=1S/C13H10F4O2.C2H6/c1-2-6-3-8(18)4-7-5-9(14)11(15)12(10(6)7)19-13(16)17;1-2/h3-5,13,18H,2H2,1H3;1-2H3. The van der Waals surface area contributed by atoms with E-state index in [4.69, 9.17) is 0 Å². The molecule has 0 atom stereocenters. The fourth-order valence-corrected chi connectivity index (χ4v) is 2.00. The second-order valence-electron chi connectivity index (χ2n) is 3.94. The average Bonchev–Trinajstić information content (AvgIpc) is 2.44. The minimum absolute atomic E-state index is 0.0412. The predicted molar refractivity (Wildman–Crippen MR) is 72.9 cm³/mol. The molecular formula is C15H16F4O2. The van der Waals surface area contributed by atoms with Crippen molar-refractivity contribution in [1.82, 2.24) is 0 Å². The lowest BCUT2D eigenvalue weighted by Crippen LogP contribution is -2.06. The summed E-state index contributed by atoms with van der Waals surface area (Å²) in [4.78, 5) is 0. The number of hydrogen-bond acceptors (Lipinski definition) is 2. The van der Waals surface area contributed by atoms with Gasteiger partial charge in [0.1, 0.15) is 5.75 Å². The van der Waals surface area contributed by atoms with Gasteiger partial charge in [0.15, 0.2) is 11.6 Å². The van der Waals surface area contributed by atoms with Crippen LogP contribution in [0, 0.1) is 11.6 Å². The number of aromatic hydroxyl groups is 1. The number of hydrogen-bond donors (Lipinski definition) is 1. The molecule has 0 aliphatic carbocycles. The van der Waals surface area contributed by atoms with E-state index in [0.717, 1.165) is 12.1 Å². The Labute approximate surface area is 120 Å². The van der Waals surface area contributed by atoms with Crippen LogP contribution in [0.2, 0.25) is 0 Å². The molecule has 0 spiro atoms. The molecule has 2 aromatic carbocycles. The maximum Gasteiger partial charge on any atom is 0.387 e. The summed E-state index contributed by atoms with van der Waals surface area (Å²) in [5.74, 6) is -3.76. The Morgan fingerprint density at radius 1 is 1.14 bits per heavy atom. The Morgan fingerprint density at radius 2 is 1.76 bits per heavy atom. The van der Waals surface area contributed by atoms with Gasteiger partial charge in [-0.25, -0.2) is 4.39 Å². The van der Waals surface area contributed by atoms with Crippen LogP contribution in [0.3, 0.4) is 0 Å². The number of aryl methyl sites for hydroxylation is 1. The molecule has 0 heterocycles. The molecule has 0 aromatic heterocycles. The number of halogens is 4. The third-order valence-electron chi connectivity index (χ3n) is 2.74. The van der Waals surface area contributed by atoms with Gasteiger partial charge in [-0.2, -0.15) is 13.2 Å². The smallest absolute Gasteiger partial charge is 0.387 e. The lowest BCUT2D eigenvalue weighted by molar-refractivity contribution is -0.0514. The molecule has 0 saturated carbocycles. The number of rotatable bonds is 3. The Hall–Kier alpha value is -1.98. The van der Waals surface area contributed by atoms with E-state index in [1.807, 2.05) is 13.8 Å². The van der Waals surface area contributed by atoms with Gasteiger partial charge in [0.25, 0.3) is 0 Å². The lowest BCUT2D eigenvalue weighted by atomic mass is 10.0. The zero-order valence-electron chi connectivity index (χ0n) is 11.9. The molecule has 0 fully saturated rings. The van der Waals surface area contributed by atoms with Crippen molar-refractivity contribution in [2.45, 2.75) is 33.8 Å². The quantitative estimate of drug-likeness (QED) is 0.807. The van der Waals surface area contributed by atoms with Crippen LogP contribution >= 0.6 is 0 Å². The number of fused-ring (bicyclic) bond motifs is 1. The van der Waals surface area contributed by atoms with Gasteiger partial charge in [-0.1, -0.05) is 20.8 Å². The SMILES string of the molecule is CC.CCc1cc(O)cc2cc(F)c(F)c(OC(F)F)c12. The molecule has 2 aromatic rings. The summed E-state index contributed by atoms with van der Waals surface area (Å²) in [6.45, 7) is 2.43. The maximum absolute atomic E-state index is 13.6. The van der Waals surface area contributed by atoms with Crippen LogP contribution in [0.15, 0.2) is 18.2 Å². The zero-order valence-corrected chi connectivity index (χ0v) is 11.9. The van der Waals surface area contributed by atoms with Gasteiger partial charge in [-0.15, -0.1) is 0 Å². The monoisotopic (exact) mass is 304 g/mol. The van der Waals surface area contributed by atoms with Crippen molar-refractivity contribution in [3.05, 3.63) is 35.4 Å². The predicted octanol–water partition coefficient (Wildman–Crippen LogP) is 5.01. The van der Waals surface area contributed by atoms with Gasteiger partial charge in [-0.3, -0.25) is 0 Å². The van der Waals surface area contributed by atoms with Crippen molar-refractivity contribution in [1.29, 1.82) is 0 Å². The highest BCUT2D eigenvalue weighted by Crippen LogP contribution is 2.37. The molecular weight excluding hydrogens is 288 g/mol. The summed E-state index contributed by atoms with van der Waals surface area (Å²) < 4.78 is 55.7. The second kappa shape index (κ2) is 7.15. The maximum atomic E-state index is 13.6. The van der Waals surface area contributed by atoms with Crippen molar-refractivity contribution in [2.24, 2.45) is 0 Å². The van der Waals surface area contributed by atoms with E-state index in [1.54, 1.807) is 6.92 Å². The van der Waals surface area contributed by atoms with Crippen LogP contribution in [-0.4, -0.2) is 11.7 Å². The molecule has 0 amide bonds. The van der Waals surface area contributed by atoms with Gasteiger partial charge in [0, 0.05) is 5.39 Å². The van der Waals surface area contributed by atoms with Crippen molar-refractivity contribution < 1.29 is 27.4 Å². The van der Waals surface area contributed by atoms with Gasteiger partial charge in [0.2, 0.25) is 5.82 Å². The first-order chi connectivity index (χ1) is 9.93. The number of phenolic OH excluding ortho intramolecular Hbond substituents is 1. The van der Waals surface area contributed by atoms with Crippen LogP contribution in [0.4, 0.5) is 17.6 Å². The number of alkyl halides is 2. The first-order valence-corrected chi connectivity index (χ1v) is 6.52. The zero-order chi connectivity index (χ0) is 16.2. The van der Waals surface area contributed by atoms with E-state index in [0.29, 0.717) is 12.0 Å². The van der Waals surface area contributed by atoms with Crippen LogP contribution in [0.25, 0.3) is 10.8 Å². The molecule has 21 heavy (non-hydrogen) atoms. The van der Waals surface area contributed by atoms with Gasteiger partial charge in [0.05, 0.1) is 0 Å². The van der Waals surface area contributed by atoms with Crippen LogP contribution in [0.5, 0.6) is 11.5 Å². The third kappa shape index (κ3) is 3.56. The minimum atomic E-state index is -3.27. The summed E-state index contributed by atoms with van der Waals surface area (Å²) >= 11 is 0. The molecule has 2 nitrogen and oxygen atoms in total. The molecule has 6 heteroatoms. The van der Waals surface area contributed by atoms with E-state index < -0.39 is 24.0 Å². The molecule has 116 valence electrons. The van der Waals surface area contributed by atoms with Crippen molar-refractivity contribution in [3.8, 4) is 11.5 Å². The van der Waals surface area contributed by atoms with Gasteiger partial charge in [-0.05, 0) is 35.6 Å². The Balaban J connectivity index is 0.00000106. The Morgan fingerprint density at radius 3 is 2.29 bits per heavy atom. The number of phenols is 1. The number of ether oxygens (including phenoxy) is 1. The Bertz CT molecular complexity index is 627. The van der Waals surface area contributed by atoms with Crippen LogP contribution < -0.4 is 4.74 Å². The van der Waals surface area contributed by atoms with Crippen LogP contribution in [-0.2, 0) is 6.42 Å². The number of benzene rings is 2. The molecule has 0 aliphatic rings. The lowest BCUT2D eigenvalue weighted by Gasteiger charge is -2.13. The fraction of sp³-hybridized carbons (Fsp3) is 0.333. The molecule has 0 radical (unpaired) electrons. The molecule has 0 bridgehead atoms. The first kappa shape index (κ1) is 17.1. The molecule has 2 rings (SSSR count). The normalized spacial score (nSPS) is 10.5. The summed E-state index contributed by atoms with van der Waals surface area (Å²) in [5, 5.41) is 9.61. The summed E-state index contributed by atoms with van der Waals surface area (Å²) in [5.41, 5.74) is 0.393. The molecule has 0 aliphatic heterocycles. The van der Waals surface area contributed by atoms with Crippen molar-refractivity contribution in [2.75, 3.05) is 0 Å². The van der Waals surface area contributed by atoms with Crippen molar-refractivity contribution in [3.63, 3.8) is 0 Å². The first-order valence-electron chi connectivity index (χ1n) is 6.52. The summed E-state index contributed by atoms with van der Waals surface area (Å²) in [6.07, 6.45) is 0.343. The highest BCUT2D eigenvalue weighted by Gasteiger charge is 2.20. The fourth-order valence-electron chi connectivity index (χ4n) is 2.00. The topological polar surface area (TPSA) is 29.5 Å². The average molecular weight is 304 g/mol.